The SMILES string of the molecule is CC(NS(=O)(=O)c1cn(C)c(C(=O)Nc2ccnc(C(F)F)c2F)c1F)C(C)(F)F. The molecule has 1 unspecified atom stereocenters. The predicted molar refractivity (Wildman–Crippen MR) is 92.9 cm³/mol. The van der Waals surface area contributed by atoms with Crippen molar-refractivity contribution in [1.29, 1.82) is 0 Å². The zero-order valence-corrected chi connectivity index (χ0v) is 16.5. The Kier molecular flexibility index (Phi) is 6.51. The lowest BCUT2D eigenvalue weighted by Gasteiger charge is -2.20. The van der Waals surface area contributed by atoms with Gasteiger partial charge < -0.3 is 9.88 Å². The Labute approximate surface area is 167 Å². The summed E-state index contributed by atoms with van der Waals surface area (Å²) in [5, 5.41) is 1.85. The molecule has 0 spiro atoms. The summed E-state index contributed by atoms with van der Waals surface area (Å²) >= 11 is 0. The highest BCUT2D eigenvalue weighted by molar-refractivity contribution is 7.89. The first-order valence-corrected chi connectivity index (χ1v) is 9.64. The highest BCUT2D eigenvalue weighted by Gasteiger charge is 2.36. The summed E-state index contributed by atoms with van der Waals surface area (Å²) in [5.41, 5.74) is -2.89. The van der Waals surface area contributed by atoms with Gasteiger partial charge in [-0.15, -0.1) is 0 Å². The lowest BCUT2D eigenvalue weighted by atomic mass is 10.2. The minimum Gasteiger partial charge on any atom is -0.343 e. The number of rotatable bonds is 7. The molecule has 2 N–H and O–H groups in total. The Bertz CT molecular complexity index is 1070. The van der Waals surface area contributed by atoms with Gasteiger partial charge in [-0.3, -0.25) is 9.78 Å². The van der Waals surface area contributed by atoms with E-state index in [2.05, 4.69) is 4.98 Å². The van der Waals surface area contributed by atoms with Gasteiger partial charge in [-0.05, 0) is 13.0 Å². The summed E-state index contributed by atoms with van der Waals surface area (Å²) in [6, 6.07) is -1.05. The standard InChI is InChI=1S/C16H16F6N4O3S/c1-7(16(2,21)22)25-30(28,29)9-6-26(3)13(11(9)18)15(27)24-8-4-5-23-12(10(8)17)14(19)20/h4-7,14,25H,1-3H3,(H,23,24,27). The Morgan fingerprint density at radius 2 is 1.83 bits per heavy atom. The molecule has 0 aliphatic carbocycles. The first-order chi connectivity index (χ1) is 13.7. The number of carbonyl (C=O) groups excluding carboxylic acids is 1. The van der Waals surface area contributed by atoms with Crippen LogP contribution in [0.2, 0.25) is 0 Å². The Morgan fingerprint density at radius 1 is 1.23 bits per heavy atom. The van der Waals surface area contributed by atoms with Crippen LogP contribution >= 0.6 is 0 Å². The molecule has 0 radical (unpaired) electrons. The maximum atomic E-state index is 14.7. The van der Waals surface area contributed by atoms with Crippen LogP contribution in [0.5, 0.6) is 0 Å². The molecule has 166 valence electrons. The fourth-order valence-corrected chi connectivity index (χ4v) is 3.73. The number of pyridine rings is 1. The van der Waals surface area contributed by atoms with Gasteiger partial charge in [-0.2, -0.15) is 0 Å². The van der Waals surface area contributed by atoms with Crippen LogP contribution in [0.3, 0.4) is 0 Å². The second-order valence-electron chi connectivity index (χ2n) is 6.38. The summed E-state index contributed by atoms with van der Waals surface area (Å²) in [4.78, 5) is 14.4. The summed E-state index contributed by atoms with van der Waals surface area (Å²) in [6.45, 7) is 1.32. The molecule has 0 saturated heterocycles. The molecule has 2 aromatic rings. The van der Waals surface area contributed by atoms with Gasteiger partial charge in [0, 0.05) is 26.4 Å². The van der Waals surface area contributed by atoms with E-state index in [0.29, 0.717) is 13.1 Å². The number of anilines is 1. The van der Waals surface area contributed by atoms with E-state index >= 15 is 0 Å². The monoisotopic (exact) mass is 458 g/mol. The quantitative estimate of drug-likeness (QED) is 0.624. The topological polar surface area (TPSA) is 93.1 Å². The molecule has 0 aliphatic rings. The van der Waals surface area contributed by atoms with E-state index < -0.39 is 67.9 Å². The summed E-state index contributed by atoms with van der Waals surface area (Å²) < 4.78 is 107. The molecular weight excluding hydrogens is 442 g/mol. The lowest BCUT2D eigenvalue weighted by molar-refractivity contribution is -0.00490. The summed E-state index contributed by atoms with van der Waals surface area (Å²) in [5.74, 6) is -7.97. The number of halogens is 6. The summed E-state index contributed by atoms with van der Waals surface area (Å²) in [6.07, 6.45) is -1.84. The van der Waals surface area contributed by atoms with Crippen LogP contribution < -0.4 is 10.0 Å². The number of aryl methyl sites for hydroxylation is 1. The summed E-state index contributed by atoms with van der Waals surface area (Å²) in [7, 11) is -3.72. The molecule has 7 nitrogen and oxygen atoms in total. The average molecular weight is 458 g/mol. The van der Waals surface area contributed by atoms with Gasteiger partial charge in [0.2, 0.25) is 10.0 Å². The molecule has 1 amide bonds. The van der Waals surface area contributed by atoms with E-state index in [1.54, 1.807) is 4.72 Å². The molecular formula is C16H16F6N4O3S. The third kappa shape index (κ3) is 4.75. The minimum atomic E-state index is -4.80. The Hall–Kier alpha value is -2.61. The fourth-order valence-electron chi connectivity index (χ4n) is 2.31. The van der Waals surface area contributed by atoms with E-state index in [0.717, 1.165) is 30.8 Å². The van der Waals surface area contributed by atoms with Crippen LogP contribution in [-0.2, 0) is 17.1 Å². The number of nitrogens with zero attached hydrogens (tertiary/aromatic N) is 2. The molecule has 1 atom stereocenters. The second kappa shape index (κ2) is 8.26. The molecule has 2 aromatic heterocycles. The van der Waals surface area contributed by atoms with Crippen molar-refractivity contribution in [3.05, 3.63) is 41.5 Å². The van der Waals surface area contributed by atoms with E-state index in [1.165, 1.54) is 0 Å². The molecule has 14 heteroatoms. The van der Waals surface area contributed by atoms with Gasteiger partial charge in [0.1, 0.15) is 16.3 Å². The zero-order chi connectivity index (χ0) is 23.0. The first-order valence-electron chi connectivity index (χ1n) is 8.15. The number of nitrogens with one attached hydrogen (secondary N) is 2. The van der Waals surface area contributed by atoms with Crippen LogP contribution in [0.15, 0.2) is 23.4 Å². The van der Waals surface area contributed by atoms with Gasteiger partial charge >= 0.3 is 0 Å². The van der Waals surface area contributed by atoms with Gasteiger partial charge in [0.05, 0.1) is 11.7 Å². The number of sulfonamides is 1. The number of alkyl halides is 4. The molecule has 0 saturated carbocycles. The van der Waals surface area contributed by atoms with Crippen molar-refractivity contribution in [3.8, 4) is 0 Å². The predicted octanol–water partition coefficient (Wildman–Crippen LogP) is 3.21. The highest BCUT2D eigenvalue weighted by atomic mass is 32.2. The molecule has 0 fully saturated rings. The first kappa shape index (κ1) is 23.7. The van der Waals surface area contributed by atoms with Crippen molar-refractivity contribution in [3.63, 3.8) is 0 Å². The van der Waals surface area contributed by atoms with Crippen molar-refractivity contribution < 1.29 is 39.6 Å². The molecule has 0 aliphatic heterocycles. The van der Waals surface area contributed by atoms with Crippen LogP contribution in [0.4, 0.5) is 32.0 Å². The van der Waals surface area contributed by atoms with Crippen molar-refractivity contribution >= 4 is 21.6 Å². The molecule has 0 aromatic carbocycles. The van der Waals surface area contributed by atoms with Gasteiger partial charge in [0.15, 0.2) is 11.6 Å². The third-order valence-electron chi connectivity index (χ3n) is 4.06. The van der Waals surface area contributed by atoms with Crippen molar-refractivity contribution in [2.75, 3.05) is 5.32 Å². The molecule has 2 heterocycles. The van der Waals surface area contributed by atoms with Crippen molar-refractivity contribution in [2.24, 2.45) is 7.05 Å². The number of amides is 1. The maximum Gasteiger partial charge on any atom is 0.283 e. The van der Waals surface area contributed by atoms with Crippen molar-refractivity contribution in [1.82, 2.24) is 14.3 Å². The van der Waals surface area contributed by atoms with E-state index in [9.17, 15) is 39.6 Å². The smallest absolute Gasteiger partial charge is 0.283 e. The number of hydrogen-bond donors (Lipinski definition) is 2. The van der Waals surface area contributed by atoms with Gasteiger partial charge in [-0.25, -0.2) is 39.5 Å². The third-order valence-corrected chi connectivity index (χ3v) is 5.58. The highest BCUT2D eigenvalue weighted by Crippen LogP contribution is 2.27. The normalized spacial score (nSPS) is 13.5. The molecule has 30 heavy (non-hydrogen) atoms. The van der Waals surface area contributed by atoms with Crippen LogP contribution in [-0.4, -0.2) is 35.8 Å². The number of hydrogen-bond acceptors (Lipinski definition) is 4. The minimum absolute atomic E-state index is 0.456. The van der Waals surface area contributed by atoms with Crippen molar-refractivity contribution in [2.45, 2.75) is 37.1 Å². The molecule has 0 bridgehead atoms. The Morgan fingerprint density at radius 3 is 2.37 bits per heavy atom. The Balaban J connectivity index is 2.38. The molecule has 2 rings (SSSR count). The second-order valence-corrected chi connectivity index (χ2v) is 8.06. The largest absolute Gasteiger partial charge is 0.343 e. The van der Waals surface area contributed by atoms with Crippen LogP contribution in [0.1, 0.15) is 36.5 Å². The average Bonchev–Trinajstić information content (AvgIpc) is 2.90. The van der Waals surface area contributed by atoms with E-state index in [4.69, 9.17) is 0 Å². The number of aromatic nitrogens is 2. The maximum absolute atomic E-state index is 14.7. The number of carbonyl (C=O) groups is 1. The van der Waals surface area contributed by atoms with Gasteiger partial charge in [0.25, 0.3) is 18.3 Å². The fraction of sp³-hybridized carbons (Fsp3) is 0.375. The van der Waals surface area contributed by atoms with Gasteiger partial charge in [-0.1, -0.05) is 0 Å². The van der Waals surface area contributed by atoms with E-state index in [1.807, 2.05) is 5.32 Å². The van der Waals surface area contributed by atoms with Crippen LogP contribution in [0, 0.1) is 11.6 Å². The lowest BCUT2D eigenvalue weighted by Crippen LogP contribution is -2.43. The van der Waals surface area contributed by atoms with E-state index in [-0.39, 0.29) is 0 Å². The van der Waals surface area contributed by atoms with Crippen LogP contribution in [0.25, 0.3) is 0 Å². The zero-order valence-electron chi connectivity index (χ0n) is 15.7.